The zero-order chi connectivity index (χ0) is 13.4. The van der Waals surface area contributed by atoms with Gasteiger partial charge >= 0.3 is 0 Å². The molecule has 0 N–H and O–H groups in total. The van der Waals surface area contributed by atoms with E-state index in [1.807, 2.05) is 13.8 Å². The van der Waals surface area contributed by atoms with E-state index in [0.29, 0.717) is 0 Å². The fourth-order valence-electron chi connectivity index (χ4n) is 2.88. The maximum Gasteiger partial charge on any atom is 0.0110 e. The molecule has 3 heteroatoms. The molecular weight excluding hydrogens is 222 g/mol. The molecule has 3 nitrogen and oxygen atoms in total. The fourth-order valence-corrected chi connectivity index (χ4v) is 2.88. The summed E-state index contributed by atoms with van der Waals surface area (Å²) in [7, 11) is 2.23. The second kappa shape index (κ2) is 8.89. The molecular formula is C15H33N3. The largest absolute Gasteiger partial charge is 0.304 e. The van der Waals surface area contributed by atoms with Crippen LogP contribution in [0.2, 0.25) is 0 Å². The number of hydrogen-bond acceptors (Lipinski definition) is 3. The van der Waals surface area contributed by atoms with Crippen molar-refractivity contribution in [1.29, 1.82) is 0 Å². The molecule has 2 heterocycles. The lowest BCUT2D eigenvalue weighted by Gasteiger charge is -2.37. The van der Waals surface area contributed by atoms with Crippen LogP contribution in [0.15, 0.2) is 0 Å². The third-order valence-corrected chi connectivity index (χ3v) is 4.27. The van der Waals surface area contributed by atoms with Crippen LogP contribution in [0, 0.1) is 5.92 Å². The third kappa shape index (κ3) is 5.25. The zero-order valence-electron chi connectivity index (χ0n) is 13.0. The molecule has 0 spiro atoms. The summed E-state index contributed by atoms with van der Waals surface area (Å²) in [4.78, 5) is 7.70. The molecule has 2 fully saturated rings. The Labute approximate surface area is 114 Å². The number of likely N-dealkylation sites (tertiary alicyclic amines) is 1. The summed E-state index contributed by atoms with van der Waals surface area (Å²) in [6, 6.07) is 0. The first-order chi connectivity index (χ1) is 8.78. The van der Waals surface area contributed by atoms with Gasteiger partial charge in [0, 0.05) is 32.7 Å². The van der Waals surface area contributed by atoms with Crippen LogP contribution in [-0.4, -0.2) is 74.1 Å². The number of piperazine rings is 1. The lowest BCUT2D eigenvalue weighted by atomic mass is 9.96. The van der Waals surface area contributed by atoms with Crippen molar-refractivity contribution in [2.45, 2.75) is 33.6 Å². The van der Waals surface area contributed by atoms with E-state index < -0.39 is 0 Å². The number of nitrogens with zero attached hydrogens (tertiary/aromatic N) is 3. The summed E-state index contributed by atoms with van der Waals surface area (Å²) < 4.78 is 0. The first-order valence-electron chi connectivity index (χ1n) is 7.91. The van der Waals surface area contributed by atoms with Gasteiger partial charge < -0.3 is 14.7 Å². The van der Waals surface area contributed by atoms with Crippen LogP contribution in [0.3, 0.4) is 0 Å². The molecule has 2 saturated heterocycles. The Morgan fingerprint density at radius 2 is 1.39 bits per heavy atom. The van der Waals surface area contributed by atoms with E-state index in [0.717, 1.165) is 5.92 Å². The Balaban J connectivity index is 0.000000771. The Kier molecular flexibility index (Phi) is 7.87. The molecule has 18 heavy (non-hydrogen) atoms. The second-order valence-electron chi connectivity index (χ2n) is 5.48. The zero-order valence-corrected chi connectivity index (χ0v) is 13.0. The van der Waals surface area contributed by atoms with E-state index in [1.54, 1.807) is 0 Å². The van der Waals surface area contributed by atoms with E-state index in [9.17, 15) is 0 Å². The molecule has 2 aliphatic rings. The van der Waals surface area contributed by atoms with Gasteiger partial charge in [0.2, 0.25) is 0 Å². The first-order valence-corrected chi connectivity index (χ1v) is 7.91. The van der Waals surface area contributed by atoms with E-state index in [-0.39, 0.29) is 0 Å². The SMILES string of the molecule is CC.CCN1CCC(CN2CCN(C)CC2)CC1. The van der Waals surface area contributed by atoms with E-state index in [1.165, 1.54) is 65.2 Å². The van der Waals surface area contributed by atoms with Crippen molar-refractivity contribution >= 4 is 0 Å². The van der Waals surface area contributed by atoms with Gasteiger partial charge in [0.15, 0.2) is 0 Å². The van der Waals surface area contributed by atoms with Crippen molar-refractivity contribution in [3.05, 3.63) is 0 Å². The smallest absolute Gasteiger partial charge is 0.0110 e. The number of piperidine rings is 1. The number of rotatable bonds is 3. The summed E-state index contributed by atoms with van der Waals surface area (Å²) in [5.74, 6) is 0.964. The van der Waals surface area contributed by atoms with Gasteiger partial charge in [-0.15, -0.1) is 0 Å². The molecule has 0 aromatic heterocycles. The van der Waals surface area contributed by atoms with Gasteiger partial charge in [-0.1, -0.05) is 20.8 Å². The highest BCUT2D eigenvalue weighted by molar-refractivity contribution is 4.77. The van der Waals surface area contributed by atoms with Crippen LogP contribution in [0.4, 0.5) is 0 Å². The highest BCUT2D eigenvalue weighted by atomic mass is 15.2. The molecule has 0 atom stereocenters. The molecule has 0 aliphatic carbocycles. The predicted molar refractivity (Wildman–Crippen MR) is 80.1 cm³/mol. The maximum atomic E-state index is 2.67. The Bertz CT molecular complexity index is 192. The summed E-state index contributed by atoms with van der Waals surface area (Å²) in [5.41, 5.74) is 0. The van der Waals surface area contributed by atoms with E-state index in [4.69, 9.17) is 0 Å². The van der Waals surface area contributed by atoms with E-state index >= 15 is 0 Å². The number of likely N-dealkylation sites (N-methyl/N-ethyl adjacent to an activating group) is 1. The van der Waals surface area contributed by atoms with Gasteiger partial charge in [0.25, 0.3) is 0 Å². The average molecular weight is 255 g/mol. The van der Waals surface area contributed by atoms with Crippen molar-refractivity contribution in [2.75, 3.05) is 59.4 Å². The van der Waals surface area contributed by atoms with Gasteiger partial charge in [-0.05, 0) is 45.4 Å². The van der Waals surface area contributed by atoms with Crippen LogP contribution >= 0.6 is 0 Å². The standard InChI is InChI=1S/C13H27N3.C2H6/c1-3-15-6-4-13(5-7-15)12-16-10-8-14(2)9-11-16;1-2/h13H,3-12H2,1-2H3;1-2H3. The minimum atomic E-state index is 0.964. The first kappa shape index (κ1) is 15.9. The van der Waals surface area contributed by atoms with E-state index in [2.05, 4.69) is 28.7 Å². The topological polar surface area (TPSA) is 9.72 Å². The molecule has 0 unspecified atom stereocenters. The van der Waals surface area contributed by atoms with Gasteiger partial charge in [-0.25, -0.2) is 0 Å². The molecule has 0 saturated carbocycles. The molecule has 0 amide bonds. The molecule has 2 aliphatic heterocycles. The molecule has 0 bridgehead atoms. The van der Waals surface area contributed by atoms with Crippen molar-refractivity contribution in [3.8, 4) is 0 Å². The van der Waals surface area contributed by atoms with Crippen LogP contribution in [0.1, 0.15) is 33.6 Å². The molecule has 0 aromatic carbocycles. The third-order valence-electron chi connectivity index (χ3n) is 4.27. The van der Waals surface area contributed by atoms with Crippen molar-refractivity contribution in [1.82, 2.24) is 14.7 Å². The fraction of sp³-hybridized carbons (Fsp3) is 1.00. The van der Waals surface area contributed by atoms with Gasteiger partial charge in [-0.3, -0.25) is 0 Å². The summed E-state index contributed by atoms with van der Waals surface area (Å²) in [6.07, 6.45) is 2.83. The maximum absolute atomic E-state index is 2.67. The van der Waals surface area contributed by atoms with Crippen LogP contribution in [0.5, 0.6) is 0 Å². The Morgan fingerprint density at radius 1 is 0.833 bits per heavy atom. The minimum Gasteiger partial charge on any atom is -0.304 e. The molecule has 0 aromatic rings. The minimum absolute atomic E-state index is 0.964. The lowest BCUT2D eigenvalue weighted by molar-refractivity contribution is 0.107. The monoisotopic (exact) mass is 255 g/mol. The van der Waals surface area contributed by atoms with Crippen LogP contribution in [0.25, 0.3) is 0 Å². The van der Waals surface area contributed by atoms with Gasteiger partial charge in [0.1, 0.15) is 0 Å². The van der Waals surface area contributed by atoms with Gasteiger partial charge in [0.05, 0.1) is 0 Å². The molecule has 2 rings (SSSR count). The summed E-state index contributed by atoms with van der Waals surface area (Å²) >= 11 is 0. The quantitative estimate of drug-likeness (QED) is 0.764. The van der Waals surface area contributed by atoms with Crippen molar-refractivity contribution in [3.63, 3.8) is 0 Å². The van der Waals surface area contributed by atoms with Crippen molar-refractivity contribution in [2.24, 2.45) is 5.92 Å². The Morgan fingerprint density at radius 3 is 1.89 bits per heavy atom. The molecule has 108 valence electrons. The normalized spacial score (nSPS) is 24.7. The highest BCUT2D eigenvalue weighted by Gasteiger charge is 2.22. The predicted octanol–water partition coefficient (Wildman–Crippen LogP) is 1.99. The van der Waals surface area contributed by atoms with Crippen LogP contribution in [-0.2, 0) is 0 Å². The highest BCUT2D eigenvalue weighted by Crippen LogP contribution is 2.18. The van der Waals surface area contributed by atoms with Crippen LogP contribution < -0.4 is 0 Å². The second-order valence-corrected chi connectivity index (χ2v) is 5.48. The summed E-state index contributed by atoms with van der Waals surface area (Å²) in [5, 5.41) is 0. The average Bonchev–Trinajstić information content (AvgIpc) is 2.44. The Hall–Kier alpha value is -0.120. The van der Waals surface area contributed by atoms with Crippen molar-refractivity contribution < 1.29 is 0 Å². The lowest BCUT2D eigenvalue weighted by Crippen LogP contribution is -2.47. The molecule has 0 radical (unpaired) electrons. The van der Waals surface area contributed by atoms with Gasteiger partial charge in [-0.2, -0.15) is 0 Å². The number of hydrogen-bond donors (Lipinski definition) is 0. The summed E-state index contributed by atoms with van der Waals surface area (Å²) in [6.45, 7) is 16.6.